The maximum atomic E-state index is 2.54. The van der Waals surface area contributed by atoms with Crippen LogP contribution in [0.3, 0.4) is 0 Å². The van der Waals surface area contributed by atoms with Gasteiger partial charge in [-0.25, -0.2) is 0 Å². The summed E-state index contributed by atoms with van der Waals surface area (Å²) < 4.78 is 4.74. The van der Waals surface area contributed by atoms with E-state index < -0.39 is 5.41 Å². The molecule has 77 heavy (non-hydrogen) atoms. The minimum Gasteiger partial charge on any atom is -0.334 e. The number of nitrogens with zero attached hydrogens (tertiary/aromatic N) is 3. The molecule has 0 radical (unpaired) electrons. The number of aromatic nitrogens is 2. The SMILES string of the molecule is Cc1cc(-c2ccc(N(c3ccccc3)C3C=CC4=C(C3)C(c3ccccc3)(c3ccccc3)c3ccccc34)cc2)cc2c3ccccc3n(-c3ccccc3)c12.c1ccc(-n2c3ccccc3c3ccccc32)cc1. The quantitative estimate of drug-likeness (QED) is 0.148. The van der Waals surface area contributed by atoms with Crippen molar-refractivity contribution in [2.75, 3.05) is 4.90 Å². The second-order valence-corrected chi connectivity index (χ2v) is 20.4. The summed E-state index contributed by atoms with van der Waals surface area (Å²) in [6, 6.07) is 104. The Morgan fingerprint density at radius 2 is 0.857 bits per heavy atom. The summed E-state index contributed by atoms with van der Waals surface area (Å²) >= 11 is 0. The van der Waals surface area contributed by atoms with Gasteiger partial charge in [0.2, 0.25) is 0 Å². The van der Waals surface area contributed by atoms with E-state index in [1.54, 1.807) is 0 Å². The fraction of sp³-hybridized carbons (Fsp3) is 0.0541. The third-order valence-corrected chi connectivity index (χ3v) is 16.1. The van der Waals surface area contributed by atoms with E-state index in [2.05, 4.69) is 318 Å². The lowest BCUT2D eigenvalue weighted by Gasteiger charge is -2.40. The smallest absolute Gasteiger partial charge is 0.0677 e. The predicted molar refractivity (Wildman–Crippen MR) is 324 cm³/mol. The number of hydrogen-bond donors (Lipinski definition) is 0. The Morgan fingerprint density at radius 3 is 1.44 bits per heavy atom. The van der Waals surface area contributed by atoms with Crippen LogP contribution < -0.4 is 4.90 Å². The van der Waals surface area contributed by atoms with E-state index >= 15 is 0 Å². The third kappa shape index (κ3) is 7.65. The number of aryl methyl sites for hydroxylation is 1. The summed E-state index contributed by atoms with van der Waals surface area (Å²) in [5.74, 6) is 0. The summed E-state index contributed by atoms with van der Waals surface area (Å²) in [6.45, 7) is 2.25. The number of allylic oxidation sites excluding steroid dienone is 2. The number of rotatable bonds is 8. The zero-order valence-corrected chi connectivity index (χ0v) is 42.9. The van der Waals surface area contributed by atoms with E-state index in [0.29, 0.717) is 0 Å². The molecule has 2 aliphatic carbocycles. The molecule has 1 atom stereocenters. The summed E-state index contributed by atoms with van der Waals surface area (Å²) in [7, 11) is 0. The molecule has 0 saturated heterocycles. The van der Waals surface area contributed by atoms with Crippen molar-refractivity contribution in [3.63, 3.8) is 0 Å². The van der Waals surface area contributed by atoms with Gasteiger partial charge in [-0.15, -0.1) is 0 Å². The molecule has 3 nitrogen and oxygen atoms in total. The summed E-state index contributed by atoms with van der Waals surface area (Å²) in [5, 5.41) is 5.16. The fourth-order valence-electron chi connectivity index (χ4n) is 12.9. The first kappa shape index (κ1) is 45.9. The molecule has 1 unspecified atom stereocenters. The molecule has 0 fully saturated rings. The largest absolute Gasteiger partial charge is 0.334 e. The highest BCUT2D eigenvalue weighted by atomic mass is 15.2. The lowest BCUT2D eigenvalue weighted by Crippen LogP contribution is -2.36. The summed E-state index contributed by atoms with van der Waals surface area (Å²) in [4.78, 5) is 2.54. The van der Waals surface area contributed by atoms with Gasteiger partial charge in [0.15, 0.2) is 0 Å². The highest BCUT2D eigenvalue weighted by Crippen LogP contribution is 2.58. The van der Waals surface area contributed by atoms with Crippen LogP contribution >= 0.6 is 0 Å². The van der Waals surface area contributed by atoms with Crippen molar-refractivity contribution in [1.29, 1.82) is 0 Å². The van der Waals surface area contributed by atoms with Crippen LogP contribution in [0.4, 0.5) is 11.4 Å². The van der Waals surface area contributed by atoms with Gasteiger partial charge in [-0.3, -0.25) is 0 Å². The minimum atomic E-state index is -0.399. The Balaban J connectivity index is 0.000000237. The Bertz CT molecular complexity index is 4250. The second-order valence-electron chi connectivity index (χ2n) is 20.4. The topological polar surface area (TPSA) is 13.1 Å². The van der Waals surface area contributed by atoms with Gasteiger partial charge in [0.05, 0.1) is 33.5 Å². The highest BCUT2D eigenvalue weighted by molar-refractivity contribution is 6.12. The molecule has 0 N–H and O–H groups in total. The molecule has 0 saturated carbocycles. The molecule has 366 valence electrons. The van der Waals surface area contributed by atoms with Crippen LogP contribution in [-0.2, 0) is 5.41 Å². The molecule has 0 amide bonds. The van der Waals surface area contributed by atoms with E-state index in [4.69, 9.17) is 0 Å². The van der Waals surface area contributed by atoms with Crippen LogP contribution in [0, 0.1) is 6.92 Å². The molecule has 0 bridgehead atoms. The van der Waals surface area contributed by atoms with Crippen LogP contribution in [0.5, 0.6) is 0 Å². The van der Waals surface area contributed by atoms with Crippen LogP contribution in [0.1, 0.15) is 34.2 Å². The standard InChI is InChI=1S/C56H42N2.C18H13N/c1-39-36-41(37-51-50-27-15-17-29-54(50)58(55(39)51)45-24-12-5-13-25-45)40-30-32-46(33-31-40)57(44-22-10-4-11-23-44)47-34-35-49-48-26-14-16-28-52(48)56(53(49)38-47,42-18-6-2-7-19-42)43-20-8-3-9-21-43;1-2-8-14(9-3-1)19-17-12-6-4-10-15(17)16-11-5-7-13-18(16)19/h2-37,47H,38H2,1H3;1-13H. The number of para-hydroxylation sites is 6. The normalized spacial score (nSPS) is 14.4. The highest BCUT2D eigenvalue weighted by Gasteiger charge is 2.48. The van der Waals surface area contributed by atoms with E-state index in [1.807, 2.05) is 0 Å². The zero-order chi connectivity index (χ0) is 51.3. The van der Waals surface area contributed by atoms with Gasteiger partial charge in [0.1, 0.15) is 0 Å². The maximum absolute atomic E-state index is 2.54. The lowest BCUT2D eigenvalue weighted by atomic mass is 9.65. The molecule has 2 aliphatic rings. The fourth-order valence-corrected chi connectivity index (χ4v) is 12.9. The van der Waals surface area contributed by atoms with Gasteiger partial charge in [-0.05, 0) is 142 Å². The van der Waals surface area contributed by atoms with Crippen molar-refractivity contribution in [1.82, 2.24) is 9.13 Å². The summed E-state index contributed by atoms with van der Waals surface area (Å²) in [5.41, 5.74) is 21.2. The van der Waals surface area contributed by atoms with Crippen molar-refractivity contribution in [3.05, 3.63) is 331 Å². The first-order valence-corrected chi connectivity index (χ1v) is 26.9. The molecule has 2 heterocycles. The predicted octanol–water partition coefficient (Wildman–Crippen LogP) is 18.8. The molecule has 13 aromatic rings. The van der Waals surface area contributed by atoms with Crippen molar-refractivity contribution >= 4 is 60.6 Å². The maximum Gasteiger partial charge on any atom is 0.0677 e. The molecule has 0 aliphatic heterocycles. The average Bonchev–Trinajstić information content (AvgIpc) is 4.17. The van der Waals surface area contributed by atoms with E-state index in [1.165, 1.54) is 116 Å². The number of hydrogen-bond acceptors (Lipinski definition) is 1. The number of anilines is 2. The lowest BCUT2D eigenvalue weighted by molar-refractivity contribution is 0.652. The van der Waals surface area contributed by atoms with Crippen molar-refractivity contribution in [2.24, 2.45) is 0 Å². The van der Waals surface area contributed by atoms with Crippen LogP contribution in [0.25, 0.3) is 71.7 Å². The van der Waals surface area contributed by atoms with E-state index in [9.17, 15) is 0 Å². The van der Waals surface area contributed by atoms with Crippen molar-refractivity contribution in [3.8, 4) is 22.5 Å². The third-order valence-electron chi connectivity index (χ3n) is 16.1. The Hall–Kier alpha value is -9.70. The molecule has 15 rings (SSSR count). The van der Waals surface area contributed by atoms with Crippen LogP contribution in [0.15, 0.2) is 303 Å². The van der Waals surface area contributed by atoms with E-state index in [0.717, 1.165) is 6.42 Å². The van der Waals surface area contributed by atoms with E-state index in [-0.39, 0.29) is 6.04 Å². The molecule has 3 heteroatoms. The Kier molecular flexibility index (Phi) is 11.4. The average molecular weight is 986 g/mol. The summed E-state index contributed by atoms with van der Waals surface area (Å²) in [6.07, 6.45) is 5.72. The molecule has 11 aromatic carbocycles. The molecular formula is C74H55N3. The Labute approximate surface area is 450 Å². The second kappa shape index (κ2) is 19.2. The van der Waals surface area contributed by atoms with Crippen LogP contribution in [-0.4, -0.2) is 15.2 Å². The zero-order valence-electron chi connectivity index (χ0n) is 42.9. The van der Waals surface area contributed by atoms with Gasteiger partial charge >= 0.3 is 0 Å². The van der Waals surface area contributed by atoms with Crippen molar-refractivity contribution in [2.45, 2.75) is 24.8 Å². The number of benzene rings is 11. The van der Waals surface area contributed by atoms with Gasteiger partial charge in [0.25, 0.3) is 0 Å². The minimum absolute atomic E-state index is 0.0934. The number of fused-ring (bicyclic) bond motifs is 8. The van der Waals surface area contributed by atoms with Gasteiger partial charge in [-0.1, -0.05) is 218 Å². The monoisotopic (exact) mass is 985 g/mol. The molecular weight excluding hydrogens is 931 g/mol. The molecule has 2 aromatic heterocycles. The van der Waals surface area contributed by atoms with Gasteiger partial charge in [0, 0.05) is 44.3 Å². The molecule has 0 spiro atoms. The Morgan fingerprint density at radius 1 is 0.403 bits per heavy atom. The van der Waals surface area contributed by atoms with Crippen molar-refractivity contribution < 1.29 is 0 Å². The first-order valence-electron chi connectivity index (χ1n) is 26.9. The van der Waals surface area contributed by atoms with Gasteiger partial charge < -0.3 is 14.0 Å². The first-order chi connectivity index (χ1) is 38.1. The van der Waals surface area contributed by atoms with Crippen LogP contribution in [0.2, 0.25) is 0 Å². The van der Waals surface area contributed by atoms with Gasteiger partial charge in [-0.2, -0.15) is 0 Å².